The summed E-state index contributed by atoms with van der Waals surface area (Å²) in [5.74, 6) is 1.39. The number of aliphatic hydroxyl groups excluding tert-OH is 1. The van der Waals surface area contributed by atoms with Crippen LogP contribution in [0.15, 0.2) is 57.7 Å². The monoisotopic (exact) mass is 391 g/mol. The van der Waals surface area contributed by atoms with Gasteiger partial charge < -0.3 is 24.8 Å². The largest absolute Gasteiger partial charge is 0.387 e. The molecule has 3 aliphatic heterocycles. The van der Waals surface area contributed by atoms with E-state index >= 15 is 0 Å². The predicted octanol–water partition coefficient (Wildman–Crippen LogP) is 2.69. The zero-order valence-corrected chi connectivity index (χ0v) is 16.2. The van der Waals surface area contributed by atoms with E-state index in [1.807, 2.05) is 29.3 Å². The smallest absolute Gasteiger partial charge is 0.148 e. The van der Waals surface area contributed by atoms with Gasteiger partial charge in [0.05, 0.1) is 22.4 Å². The molecule has 0 aromatic heterocycles. The highest BCUT2D eigenvalue weighted by atomic mass is 32.2. The van der Waals surface area contributed by atoms with Gasteiger partial charge in [-0.15, -0.1) is 11.8 Å². The fourth-order valence-corrected chi connectivity index (χ4v) is 5.93. The average Bonchev–Trinajstić information content (AvgIpc) is 2.95. The lowest BCUT2D eigenvalue weighted by Gasteiger charge is -2.34. The van der Waals surface area contributed by atoms with Gasteiger partial charge in [-0.25, -0.2) is 4.99 Å². The average molecular weight is 392 g/mol. The van der Waals surface area contributed by atoms with Crippen molar-refractivity contribution in [3.8, 4) is 0 Å². The summed E-state index contributed by atoms with van der Waals surface area (Å²) >= 11 is 3.30. The number of anilines is 1. The minimum Gasteiger partial charge on any atom is -0.387 e. The molecule has 3 aliphatic rings. The number of methoxy groups -OCH3 is 2. The molecule has 3 heterocycles. The number of hydrogen-bond donors (Lipinski definition) is 2. The van der Waals surface area contributed by atoms with Crippen LogP contribution in [0.4, 0.5) is 5.69 Å². The summed E-state index contributed by atoms with van der Waals surface area (Å²) in [7, 11) is 3.28. The zero-order valence-electron chi connectivity index (χ0n) is 14.6. The lowest BCUT2D eigenvalue weighted by Crippen LogP contribution is -2.42. The number of hydrogen-bond acceptors (Lipinski definition) is 8. The number of ether oxygens (including phenoxy) is 2. The molecule has 1 saturated heterocycles. The van der Waals surface area contributed by atoms with Crippen molar-refractivity contribution in [1.82, 2.24) is 4.90 Å². The van der Waals surface area contributed by atoms with Crippen molar-refractivity contribution in [3.63, 3.8) is 0 Å². The van der Waals surface area contributed by atoms with Gasteiger partial charge in [0.15, 0.2) is 0 Å². The first-order valence-electron chi connectivity index (χ1n) is 8.29. The summed E-state index contributed by atoms with van der Waals surface area (Å²) in [4.78, 5) is 8.74. The lowest BCUT2D eigenvalue weighted by molar-refractivity contribution is -0.0246. The van der Waals surface area contributed by atoms with E-state index in [0.29, 0.717) is 12.4 Å². The molecular weight excluding hydrogens is 370 g/mol. The Balaban J connectivity index is 1.61. The van der Waals surface area contributed by atoms with Crippen LogP contribution in [0.5, 0.6) is 0 Å². The Morgan fingerprint density at radius 3 is 2.92 bits per heavy atom. The fraction of sp³-hybridized carbons (Fsp3) is 0.389. The van der Waals surface area contributed by atoms with Crippen molar-refractivity contribution in [2.75, 3.05) is 26.1 Å². The topological polar surface area (TPSA) is 66.3 Å². The maximum atomic E-state index is 10.8. The van der Waals surface area contributed by atoms with Gasteiger partial charge in [0.2, 0.25) is 0 Å². The number of para-hydroxylation sites is 1. The third-order valence-corrected chi connectivity index (χ3v) is 7.21. The first-order chi connectivity index (χ1) is 12.6. The van der Waals surface area contributed by atoms with Crippen LogP contribution in [0.1, 0.15) is 0 Å². The van der Waals surface area contributed by atoms with Crippen LogP contribution in [-0.2, 0) is 9.47 Å². The first-order valence-corrected chi connectivity index (χ1v) is 10.1. The number of thioether (sulfide) groups is 2. The number of aliphatic hydroxyl groups is 1. The van der Waals surface area contributed by atoms with Crippen LogP contribution < -0.4 is 5.32 Å². The van der Waals surface area contributed by atoms with E-state index in [-0.39, 0.29) is 16.7 Å². The van der Waals surface area contributed by atoms with E-state index in [0.717, 1.165) is 21.3 Å². The molecule has 8 heteroatoms. The number of aliphatic imine (C=N–C) groups is 1. The number of fused-ring (bicyclic) bond motifs is 2. The molecule has 1 aromatic carbocycles. The van der Waals surface area contributed by atoms with Crippen molar-refractivity contribution in [1.29, 1.82) is 0 Å². The molecule has 0 saturated carbocycles. The normalized spacial score (nSPS) is 30.3. The highest BCUT2D eigenvalue weighted by Gasteiger charge is 2.47. The molecule has 4 atom stereocenters. The van der Waals surface area contributed by atoms with Crippen molar-refractivity contribution in [2.45, 2.75) is 27.7 Å². The van der Waals surface area contributed by atoms with Crippen molar-refractivity contribution in [3.05, 3.63) is 47.8 Å². The molecule has 2 N–H and O–H groups in total. The molecule has 26 heavy (non-hydrogen) atoms. The SMILES string of the molecule is C=C1N=C2Nc3ccccc3SC2=CN1[C@@H]1S[C@H](COC)C(OC)[C@@H]1O. The van der Waals surface area contributed by atoms with E-state index < -0.39 is 6.10 Å². The Morgan fingerprint density at radius 2 is 2.15 bits per heavy atom. The molecule has 0 radical (unpaired) electrons. The number of nitrogens with one attached hydrogen (secondary N) is 1. The second-order valence-corrected chi connectivity index (χ2v) is 8.66. The molecule has 4 rings (SSSR count). The van der Waals surface area contributed by atoms with Crippen LogP contribution in [-0.4, -0.2) is 59.5 Å². The Kier molecular flexibility index (Phi) is 5.02. The van der Waals surface area contributed by atoms with Crippen LogP contribution in [0, 0.1) is 0 Å². The molecule has 6 nitrogen and oxygen atoms in total. The van der Waals surface area contributed by atoms with Gasteiger partial charge in [0.1, 0.15) is 29.2 Å². The molecule has 1 aromatic rings. The zero-order chi connectivity index (χ0) is 18.3. The minimum absolute atomic E-state index is 0.0550. The highest BCUT2D eigenvalue weighted by molar-refractivity contribution is 8.04. The van der Waals surface area contributed by atoms with Crippen molar-refractivity contribution in [2.24, 2.45) is 4.99 Å². The van der Waals surface area contributed by atoms with Gasteiger partial charge in [0.25, 0.3) is 0 Å². The molecule has 1 unspecified atom stereocenters. The Morgan fingerprint density at radius 1 is 1.35 bits per heavy atom. The van der Waals surface area contributed by atoms with Gasteiger partial charge in [0, 0.05) is 25.3 Å². The summed E-state index contributed by atoms with van der Waals surface area (Å²) in [6.45, 7) is 4.61. The molecule has 0 bridgehead atoms. The second-order valence-electron chi connectivity index (χ2n) is 6.21. The summed E-state index contributed by atoms with van der Waals surface area (Å²) < 4.78 is 10.8. The van der Waals surface area contributed by atoms with Gasteiger partial charge in [-0.1, -0.05) is 30.5 Å². The molecule has 0 aliphatic carbocycles. The van der Waals surface area contributed by atoms with Crippen molar-refractivity contribution >= 4 is 35.0 Å². The van der Waals surface area contributed by atoms with Crippen molar-refractivity contribution < 1.29 is 14.6 Å². The lowest BCUT2D eigenvalue weighted by atomic mass is 10.1. The maximum Gasteiger partial charge on any atom is 0.148 e. The second kappa shape index (κ2) is 7.28. The first kappa shape index (κ1) is 17.9. The Labute approximate surface area is 161 Å². The van der Waals surface area contributed by atoms with Crippen LogP contribution >= 0.6 is 23.5 Å². The number of nitrogens with zero attached hydrogens (tertiary/aromatic N) is 2. The van der Waals surface area contributed by atoms with E-state index in [2.05, 4.69) is 23.0 Å². The highest BCUT2D eigenvalue weighted by Crippen LogP contribution is 2.44. The van der Waals surface area contributed by atoms with E-state index in [9.17, 15) is 5.11 Å². The number of benzene rings is 1. The fourth-order valence-electron chi connectivity index (χ4n) is 3.33. The Hall–Kier alpha value is -1.45. The Bertz CT molecular complexity index is 783. The summed E-state index contributed by atoms with van der Waals surface area (Å²) in [5, 5.41) is 14.0. The van der Waals surface area contributed by atoms with E-state index in [4.69, 9.17) is 9.47 Å². The number of rotatable bonds is 4. The minimum atomic E-state index is -0.663. The summed E-state index contributed by atoms with van der Waals surface area (Å²) in [5.41, 5.74) is 1.05. The third kappa shape index (κ3) is 3.05. The summed E-state index contributed by atoms with van der Waals surface area (Å²) in [6.07, 6.45) is 1.06. The predicted molar refractivity (Wildman–Crippen MR) is 106 cm³/mol. The van der Waals surface area contributed by atoms with E-state index in [1.165, 1.54) is 0 Å². The standard InChI is InChI=1S/C18H21N3O3S2/c1-10-19-17-13(25-12-7-5-4-6-11(12)20-17)8-21(10)18-15(22)16(24-3)14(26-18)9-23-2/h4-8,14-16,18,22H,1,9H2,2-3H3,(H,19,20)/t14-,15+,16?,18-/m1/s1. The maximum absolute atomic E-state index is 10.8. The van der Waals surface area contributed by atoms with Gasteiger partial charge in [-0.3, -0.25) is 0 Å². The molecule has 0 spiro atoms. The third-order valence-electron chi connectivity index (χ3n) is 4.58. The molecular formula is C18H21N3O3S2. The van der Waals surface area contributed by atoms with Gasteiger partial charge in [-0.2, -0.15) is 0 Å². The van der Waals surface area contributed by atoms with Crippen LogP contribution in [0.25, 0.3) is 0 Å². The van der Waals surface area contributed by atoms with Crippen LogP contribution in [0.3, 0.4) is 0 Å². The quantitative estimate of drug-likeness (QED) is 0.818. The number of amidine groups is 1. The summed E-state index contributed by atoms with van der Waals surface area (Å²) in [6, 6.07) is 8.13. The molecule has 0 amide bonds. The van der Waals surface area contributed by atoms with Gasteiger partial charge >= 0.3 is 0 Å². The van der Waals surface area contributed by atoms with E-state index in [1.54, 1.807) is 37.7 Å². The molecule has 138 valence electrons. The van der Waals surface area contributed by atoms with Gasteiger partial charge in [-0.05, 0) is 12.1 Å². The molecule has 1 fully saturated rings. The van der Waals surface area contributed by atoms with Crippen LogP contribution in [0.2, 0.25) is 0 Å².